The molecule has 0 aliphatic rings. The standard InChI is InChI=1S/C16H16N2O3/c1-2-21-14-9-7-12(8-10-14)16(20)18-17-11-13-5-3-4-6-15(13)19/h3-11,19H,2H2,1H3,(H,18,20)/b17-11-. The zero-order chi connectivity index (χ0) is 15.1. The fourth-order valence-electron chi connectivity index (χ4n) is 1.69. The van der Waals surface area contributed by atoms with Gasteiger partial charge in [0, 0.05) is 11.1 Å². The topological polar surface area (TPSA) is 70.9 Å². The first-order chi connectivity index (χ1) is 10.2. The van der Waals surface area contributed by atoms with E-state index in [1.807, 2.05) is 6.92 Å². The van der Waals surface area contributed by atoms with E-state index >= 15 is 0 Å². The Labute approximate surface area is 122 Å². The van der Waals surface area contributed by atoms with Crippen LogP contribution in [0.2, 0.25) is 0 Å². The average Bonchev–Trinajstić information content (AvgIpc) is 2.50. The molecule has 0 radical (unpaired) electrons. The molecule has 0 saturated heterocycles. The van der Waals surface area contributed by atoms with Crippen molar-refractivity contribution in [3.05, 3.63) is 59.7 Å². The lowest BCUT2D eigenvalue weighted by molar-refractivity contribution is 0.0955. The summed E-state index contributed by atoms with van der Waals surface area (Å²) in [7, 11) is 0. The molecule has 1 amide bonds. The van der Waals surface area contributed by atoms with Crippen LogP contribution in [0.4, 0.5) is 0 Å². The Morgan fingerprint density at radius 2 is 1.95 bits per heavy atom. The molecule has 0 saturated carbocycles. The second-order valence-corrected chi connectivity index (χ2v) is 4.22. The second kappa shape index (κ2) is 7.09. The van der Waals surface area contributed by atoms with E-state index < -0.39 is 0 Å². The molecule has 0 aromatic heterocycles. The Bertz CT molecular complexity index is 636. The number of carbonyl (C=O) groups is 1. The first kappa shape index (κ1) is 14.6. The van der Waals surface area contributed by atoms with Gasteiger partial charge in [0.1, 0.15) is 11.5 Å². The van der Waals surface area contributed by atoms with Gasteiger partial charge in [-0.05, 0) is 43.3 Å². The molecule has 0 atom stereocenters. The van der Waals surface area contributed by atoms with Crippen molar-refractivity contribution in [2.45, 2.75) is 6.92 Å². The van der Waals surface area contributed by atoms with Crippen LogP contribution in [0.15, 0.2) is 53.6 Å². The van der Waals surface area contributed by atoms with Crippen LogP contribution in [0.3, 0.4) is 0 Å². The number of para-hydroxylation sites is 1. The minimum Gasteiger partial charge on any atom is -0.507 e. The number of aromatic hydroxyl groups is 1. The Balaban J connectivity index is 1.97. The van der Waals surface area contributed by atoms with Gasteiger partial charge in [-0.3, -0.25) is 4.79 Å². The number of hydrogen-bond donors (Lipinski definition) is 2. The van der Waals surface area contributed by atoms with Gasteiger partial charge >= 0.3 is 0 Å². The summed E-state index contributed by atoms with van der Waals surface area (Å²) in [6.45, 7) is 2.48. The number of ether oxygens (including phenoxy) is 1. The van der Waals surface area contributed by atoms with E-state index in [2.05, 4.69) is 10.5 Å². The zero-order valence-corrected chi connectivity index (χ0v) is 11.6. The van der Waals surface area contributed by atoms with E-state index in [-0.39, 0.29) is 11.7 Å². The fraction of sp³-hybridized carbons (Fsp3) is 0.125. The SMILES string of the molecule is CCOc1ccc(C(=O)N/N=C\c2ccccc2O)cc1. The summed E-state index contributed by atoms with van der Waals surface area (Å²) in [5, 5.41) is 13.4. The summed E-state index contributed by atoms with van der Waals surface area (Å²) in [4.78, 5) is 11.9. The summed E-state index contributed by atoms with van der Waals surface area (Å²) in [6, 6.07) is 13.5. The predicted molar refractivity (Wildman–Crippen MR) is 80.8 cm³/mol. The minimum atomic E-state index is -0.329. The highest BCUT2D eigenvalue weighted by atomic mass is 16.5. The molecule has 5 heteroatoms. The maximum atomic E-state index is 11.9. The van der Waals surface area contributed by atoms with Crippen LogP contribution < -0.4 is 10.2 Å². The van der Waals surface area contributed by atoms with Crippen molar-refractivity contribution in [2.24, 2.45) is 5.10 Å². The number of hydrogen-bond acceptors (Lipinski definition) is 4. The zero-order valence-electron chi connectivity index (χ0n) is 11.6. The van der Waals surface area contributed by atoms with Crippen molar-refractivity contribution in [1.29, 1.82) is 0 Å². The molecule has 0 unspecified atom stereocenters. The number of nitrogens with zero attached hydrogens (tertiary/aromatic N) is 1. The third kappa shape index (κ3) is 4.07. The largest absolute Gasteiger partial charge is 0.507 e. The van der Waals surface area contributed by atoms with Gasteiger partial charge < -0.3 is 9.84 Å². The van der Waals surface area contributed by atoms with E-state index in [0.29, 0.717) is 23.5 Å². The highest BCUT2D eigenvalue weighted by Gasteiger charge is 2.04. The Morgan fingerprint density at radius 1 is 1.24 bits per heavy atom. The van der Waals surface area contributed by atoms with Crippen molar-refractivity contribution in [1.82, 2.24) is 5.43 Å². The van der Waals surface area contributed by atoms with Gasteiger partial charge in [-0.15, -0.1) is 0 Å². The Morgan fingerprint density at radius 3 is 2.62 bits per heavy atom. The summed E-state index contributed by atoms with van der Waals surface area (Å²) in [5.74, 6) is 0.494. The van der Waals surface area contributed by atoms with Crippen LogP contribution in [0, 0.1) is 0 Å². The number of phenols is 1. The summed E-state index contributed by atoms with van der Waals surface area (Å²) < 4.78 is 5.30. The first-order valence-electron chi connectivity index (χ1n) is 6.55. The number of nitrogens with one attached hydrogen (secondary N) is 1. The number of hydrazone groups is 1. The van der Waals surface area contributed by atoms with E-state index in [4.69, 9.17) is 4.74 Å². The average molecular weight is 284 g/mol. The maximum absolute atomic E-state index is 11.9. The number of benzene rings is 2. The second-order valence-electron chi connectivity index (χ2n) is 4.22. The monoisotopic (exact) mass is 284 g/mol. The molecule has 0 aliphatic heterocycles. The normalized spacial score (nSPS) is 10.5. The summed E-state index contributed by atoms with van der Waals surface area (Å²) in [5.41, 5.74) is 3.42. The molecular formula is C16H16N2O3. The molecule has 5 nitrogen and oxygen atoms in total. The highest BCUT2D eigenvalue weighted by molar-refractivity contribution is 5.95. The van der Waals surface area contributed by atoms with E-state index in [1.54, 1.807) is 48.5 Å². The molecule has 108 valence electrons. The van der Waals surface area contributed by atoms with Crippen LogP contribution in [0.25, 0.3) is 0 Å². The molecular weight excluding hydrogens is 268 g/mol. The van der Waals surface area contributed by atoms with Crippen LogP contribution in [0.1, 0.15) is 22.8 Å². The summed E-state index contributed by atoms with van der Waals surface area (Å²) in [6.07, 6.45) is 1.39. The van der Waals surface area contributed by atoms with Gasteiger partial charge in [0.15, 0.2) is 0 Å². The van der Waals surface area contributed by atoms with Gasteiger partial charge in [-0.25, -0.2) is 5.43 Å². The number of phenolic OH excluding ortho intramolecular Hbond substituents is 1. The quantitative estimate of drug-likeness (QED) is 0.654. The molecule has 21 heavy (non-hydrogen) atoms. The molecule has 0 heterocycles. The minimum absolute atomic E-state index is 0.108. The molecule has 0 aliphatic carbocycles. The van der Waals surface area contributed by atoms with E-state index in [1.165, 1.54) is 6.21 Å². The van der Waals surface area contributed by atoms with Gasteiger partial charge in [0.25, 0.3) is 5.91 Å². The fourth-order valence-corrected chi connectivity index (χ4v) is 1.69. The van der Waals surface area contributed by atoms with Crippen molar-refractivity contribution >= 4 is 12.1 Å². The molecule has 2 aromatic carbocycles. The number of carbonyl (C=O) groups excluding carboxylic acids is 1. The van der Waals surface area contributed by atoms with Gasteiger partial charge in [0.05, 0.1) is 12.8 Å². The van der Waals surface area contributed by atoms with E-state index in [9.17, 15) is 9.90 Å². The lowest BCUT2D eigenvalue weighted by Crippen LogP contribution is -2.17. The van der Waals surface area contributed by atoms with Crippen LogP contribution in [0.5, 0.6) is 11.5 Å². The van der Waals surface area contributed by atoms with Crippen LogP contribution in [-0.2, 0) is 0 Å². The predicted octanol–water partition coefficient (Wildman–Crippen LogP) is 2.55. The third-order valence-electron chi connectivity index (χ3n) is 2.73. The van der Waals surface area contributed by atoms with Crippen LogP contribution in [-0.4, -0.2) is 23.8 Å². The molecule has 2 rings (SSSR count). The summed E-state index contributed by atoms with van der Waals surface area (Å²) >= 11 is 0. The lowest BCUT2D eigenvalue weighted by atomic mass is 10.2. The van der Waals surface area contributed by atoms with Crippen LogP contribution >= 0.6 is 0 Å². The maximum Gasteiger partial charge on any atom is 0.271 e. The van der Waals surface area contributed by atoms with E-state index in [0.717, 1.165) is 0 Å². The lowest BCUT2D eigenvalue weighted by Gasteiger charge is -2.04. The molecule has 2 aromatic rings. The molecule has 0 bridgehead atoms. The van der Waals surface area contributed by atoms with Gasteiger partial charge in [0.2, 0.25) is 0 Å². The van der Waals surface area contributed by atoms with Crippen molar-refractivity contribution in [3.63, 3.8) is 0 Å². The Hall–Kier alpha value is -2.82. The molecule has 0 spiro atoms. The van der Waals surface area contributed by atoms with Crippen molar-refractivity contribution < 1.29 is 14.6 Å². The van der Waals surface area contributed by atoms with Crippen molar-refractivity contribution in [2.75, 3.05) is 6.61 Å². The Kier molecular flexibility index (Phi) is 4.93. The first-order valence-corrected chi connectivity index (χ1v) is 6.55. The smallest absolute Gasteiger partial charge is 0.271 e. The van der Waals surface area contributed by atoms with Gasteiger partial charge in [-0.1, -0.05) is 12.1 Å². The third-order valence-corrected chi connectivity index (χ3v) is 2.73. The van der Waals surface area contributed by atoms with Crippen molar-refractivity contribution in [3.8, 4) is 11.5 Å². The number of rotatable bonds is 5. The molecule has 2 N–H and O–H groups in total. The highest BCUT2D eigenvalue weighted by Crippen LogP contribution is 2.13. The number of amides is 1. The van der Waals surface area contributed by atoms with Gasteiger partial charge in [-0.2, -0.15) is 5.10 Å². The molecule has 0 fully saturated rings.